The molecular formula is C28H51NO6. The van der Waals surface area contributed by atoms with Crippen molar-refractivity contribution in [2.45, 2.75) is 142 Å². The first-order valence-corrected chi connectivity index (χ1v) is 13.8. The Bertz CT molecular complexity index is 583. The number of unbranched alkanes of at least 4 members (excludes halogenated alkanes) is 13. The smallest absolute Gasteiger partial charge is 0.362 e. The number of quaternary nitrogens is 1. The van der Waals surface area contributed by atoms with Crippen molar-refractivity contribution in [1.82, 2.24) is 0 Å². The van der Waals surface area contributed by atoms with E-state index >= 15 is 0 Å². The van der Waals surface area contributed by atoms with Crippen LogP contribution in [0.1, 0.15) is 124 Å². The van der Waals surface area contributed by atoms with E-state index in [-0.39, 0.29) is 6.54 Å². The third-order valence-corrected chi connectivity index (χ3v) is 7.53. The predicted octanol–water partition coefficient (Wildman–Crippen LogP) is 5.32. The third kappa shape index (κ3) is 12.6. The number of carbonyl (C=O) groups is 3. The van der Waals surface area contributed by atoms with Gasteiger partial charge in [0, 0.05) is 0 Å². The van der Waals surface area contributed by atoms with Gasteiger partial charge in [-0.25, -0.2) is 9.59 Å². The lowest BCUT2D eigenvalue weighted by Gasteiger charge is -2.49. The molecule has 0 amide bonds. The molecule has 3 atom stereocenters. The molecule has 0 bridgehead atoms. The standard InChI is InChI=1S/C28H51NO6/c1-5-6-7-8-9-10-11-12-13-14-15-16-17-18-19-20-21-22-29(23(2)26(30)31,24(3)27(32)33)25(4)28(34)35/h12-13,23-25H,5-11,14-22H2,1-4H3,(H2-,30,31,32,33,34,35)/b13-12+. The molecule has 0 spiro atoms. The molecule has 3 unspecified atom stereocenters. The largest absolute Gasteiger partial charge is 0.544 e. The second-order valence-electron chi connectivity index (χ2n) is 10.0. The van der Waals surface area contributed by atoms with E-state index in [9.17, 15) is 29.7 Å². The van der Waals surface area contributed by atoms with Gasteiger partial charge in [-0.1, -0.05) is 76.9 Å². The Hall–Kier alpha value is -1.89. The Balaban J connectivity index is 4.30. The highest BCUT2D eigenvalue weighted by Crippen LogP contribution is 2.27. The van der Waals surface area contributed by atoms with Gasteiger partial charge in [-0.3, -0.25) is 4.48 Å². The van der Waals surface area contributed by atoms with Crippen LogP contribution in [-0.2, 0) is 14.4 Å². The first-order valence-electron chi connectivity index (χ1n) is 13.8. The Morgan fingerprint density at radius 2 is 1.03 bits per heavy atom. The van der Waals surface area contributed by atoms with E-state index in [1.54, 1.807) is 0 Å². The van der Waals surface area contributed by atoms with Crippen LogP contribution in [0.4, 0.5) is 0 Å². The van der Waals surface area contributed by atoms with E-state index < -0.39 is 40.5 Å². The second-order valence-corrected chi connectivity index (χ2v) is 10.0. The van der Waals surface area contributed by atoms with Gasteiger partial charge in [0.05, 0.1) is 12.5 Å². The molecule has 0 fully saturated rings. The fraction of sp³-hybridized carbons (Fsp3) is 0.821. The van der Waals surface area contributed by atoms with Gasteiger partial charge >= 0.3 is 11.9 Å². The molecule has 7 heteroatoms. The number of carboxylic acids is 3. The third-order valence-electron chi connectivity index (χ3n) is 7.53. The van der Waals surface area contributed by atoms with E-state index in [0.29, 0.717) is 6.42 Å². The molecule has 0 aromatic carbocycles. The number of carbonyl (C=O) groups excluding carboxylic acids is 1. The zero-order chi connectivity index (χ0) is 26.7. The normalized spacial score (nSPS) is 16.0. The molecular weight excluding hydrogens is 446 g/mol. The summed E-state index contributed by atoms with van der Waals surface area (Å²) in [5.74, 6) is -3.83. The molecule has 0 radical (unpaired) electrons. The van der Waals surface area contributed by atoms with Crippen molar-refractivity contribution in [3.05, 3.63) is 12.2 Å². The van der Waals surface area contributed by atoms with E-state index in [1.165, 1.54) is 78.6 Å². The second kappa shape index (κ2) is 19.3. The molecule has 2 N–H and O–H groups in total. The number of hydrogen-bond donors (Lipinski definition) is 2. The Morgan fingerprint density at radius 3 is 1.40 bits per heavy atom. The summed E-state index contributed by atoms with van der Waals surface area (Å²) < 4.78 is -0.544. The van der Waals surface area contributed by atoms with Crippen molar-refractivity contribution in [2.24, 2.45) is 0 Å². The molecule has 0 rings (SSSR count). The molecule has 0 saturated carbocycles. The fourth-order valence-corrected chi connectivity index (χ4v) is 5.00. The maximum absolute atomic E-state index is 11.8. The summed E-state index contributed by atoms with van der Waals surface area (Å²) in [6.45, 7) is 6.56. The number of aliphatic carboxylic acids is 3. The lowest BCUT2D eigenvalue weighted by atomic mass is 10.00. The summed E-state index contributed by atoms with van der Waals surface area (Å²) in [4.78, 5) is 35.2. The Morgan fingerprint density at radius 1 is 0.657 bits per heavy atom. The molecule has 7 nitrogen and oxygen atoms in total. The number of carboxylic acid groups (broad SMARTS) is 3. The van der Waals surface area contributed by atoms with Crippen molar-refractivity contribution in [2.75, 3.05) is 6.54 Å². The summed E-state index contributed by atoms with van der Waals surface area (Å²) >= 11 is 0. The van der Waals surface area contributed by atoms with Crippen molar-refractivity contribution < 1.29 is 34.2 Å². The van der Waals surface area contributed by atoms with Gasteiger partial charge in [-0.15, -0.1) is 0 Å². The van der Waals surface area contributed by atoms with Gasteiger partial charge in [-0.2, -0.15) is 0 Å². The number of allylic oxidation sites excluding steroid dienone is 2. The molecule has 0 heterocycles. The molecule has 0 aromatic heterocycles. The van der Waals surface area contributed by atoms with Crippen LogP contribution in [0.2, 0.25) is 0 Å². The fourth-order valence-electron chi connectivity index (χ4n) is 5.00. The lowest BCUT2D eigenvalue weighted by Crippen LogP contribution is -2.72. The van der Waals surface area contributed by atoms with Crippen molar-refractivity contribution in [3.63, 3.8) is 0 Å². The van der Waals surface area contributed by atoms with Crippen molar-refractivity contribution in [3.8, 4) is 0 Å². The Kier molecular flexibility index (Phi) is 18.3. The highest BCUT2D eigenvalue weighted by Gasteiger charge is 2.50. The summed E-state index contributed by atoms with van der Waals surface area (Å²) in [7, 11) is 0. The monoisotopic (exact) mass is 497 g/mol. The van der Waals surface area contributed by atoms with Gasteiger partial charge in [0.25, 0.3) is 0 Å². The highest BCUT2D eigenvalue weighted by molar-refractivity contribution is 5.76. The summed E-state index contributed by atoms with van der Waals surface area (Å²) in [5.41, 5.74) is 0. The summed E-state index contributed by atoms with van der Waals surface area (Å²) in [6.07, 6.45) is 21.8. The zero-order valence-corrected chi connectivity index (χ0v) is 22.7. The molecule has 0 aliphatic heterocycles. The number of hydrogen-bond acceptors (Lipinski definition) is 4. The molecule has 35 heavy (non-hydrogen) atoms. The minimum Gasteiger partial charge on any atom is -0.544 e. The van der Waals surface area contributed by atoms with Crippen LogP contribution in [0.15, 0.2) is 12.2 Å². The Labute approximate surface area is 213 Å². The summed E-state index contributed by atoms with van der Waals surface area (Å²) in [6, 6.07) is -3.56. The van der Waals surface area contributed by atoms with E-state index in [2.05, 4.69) is 19.1 Å². The maximum atomic E-state index is 11.8. The minimum atomic E-state index is -1.42. The van der Waals surface area contributed by atoms with Gasteiger partial charge in [0.15, 0.2) is 12.1 Å². The van der Waals surface area contributed by atoms with Crippen LogP contribution in [0.5, 0.6) is 0 Å². The molecule has 0 aliphatic carbocycles. The minimum absolute atomic E-state index is 0.180. The quantitative estimate of drug-likeness (QED) is 0.112. The average Bonchev–Trinajstić information content (AvgIpc) is 2.82. The van der Waals surface area contributed by atoms with Crippen LogP contribution in [0.25, 0.3) is 0 Å². The topological polar surface area (TPSA) is 115 Å². The van der Waals surface area contributed by atoms with Crippen LogP contribution >= 0.6 is 0 Å². The van der Waals surface area contributed by atoms with Crippen LogP contribution < -0.4 is 5.11 Å². The molecule has 0 aromatic rings. The van der Waals surface area contributed by atoms with Gasteiger partial charge in [-0.05, 0) is 59.3 Å². The predicted molar refractivity (Wildman–Crippen MR) is 138 cm³/mol. The van der Waals surface area contributed by atoms with Gasteiger partial charge in [0.1, 0.15) is 6.04 Å². The van der Waals surface area contributed by atoms with E-state index in [1.807, 2.05) is 0 Å². The molecule has 0 saturated heterocycles. The van der Waals surface area contributed by atoms with Crippen LogP contribution in [0.3, 0.4) is 0 Å². The zero-order valence-electron chi connectivity index (χ0n) is 22.7. The van der Waals surface area contributed by atoms with Crippen LogP contribution in [0, 0.1) is 0 Å². The maximum Gasteiger partial charge on any atom is 0.362 e. The first kappa shape index (κ1) is 33.1. The van der Waals surface area contributed by atoms with E-state index in [0.717, 1.165) is 32.1 Å². The van der Waals surface area contributed by atoms with E-state index in [4.69, 9.17) is 0 Å². The lowest BCUT2D eigenvalue weighted by molar-refractivity contribution is -0.969. The number of rotatable bonds is 23. The van der Waals surface area contributed by atoms with Crippen LogP contribution in [-0.4, -0.2) is 57.3 Å². The van der Waals surface area contributed by atoms with Gasteiger partial charge in [0.2, 0.25) is 0 Å². The number of nitrogens with zero attached hydrogens (tertiary/aromatic N) is 1. The molecule has 204 valence electrons. The average molecular weight is 498 g/mol. The van der Waals surface area contributed by atoms with Gasteiger partial charge < -0.3 is 20.1 Å². The SMILES string of the molecule is CCCCCCCC/C=C/CCCCCCCCC[N+](C(C)C(=O)[O-])(C(C)C(=O)O)C(C)C(=O)O. The molecule has 0 aliphatic rings. The first-order chi connectivity index (χ1) is 16.6. The highest BCUT2D eigenvalue weighted by atomic mass is 16.4. The van der Waals surface area contributed by atoms with Crippen molar-refractivity contribution in [1.29, 1.82) is 0 Å². The summed E-state index contributed by atoms with van der Waals surface area (Å²) in [5, 5.41) is 30.9. The van der Waals surface area contributed by atoms with Crippen molar-refractivity contribution >= 4 is 17.9 Å².